The van der Waals surface area contributed by atoms with Gasteiger partial charge in [-0.3, -0.25) is 19.2 Å². The van der Waals surface area contributed by atoms with Crippen LogP contribution in [0, 0.1) is 0 Å². The van der Waals surface area contributed by atoms with Crippen LogP contribution in [0.5, 0.6) is 0 Å². The third-order valence-corrected chi connectivity index (χ3v) is 4.40. The lowest BCUT2D eigenvalue weighted by Crippen LogP contribution is -2.56. The Morgan fingerprint density at radius 3 is 2.30 bits per heavy atom. The van der Waals surface area contributed by atoms with Crippen molar-refractivity contribution in [2.24, 2.45) is 11.5 Å². The topological polar surface area (TPSA) is 205 Å². The molecule has 0 radical (unpaired) electrons. The summed E-state index contributed by atoms with van der Waals surface area (Å²) >= 11 is 0. The van der Waals surface area contributed by atoms with Crippen LogP contribution in [-0.4, -0.2) is 69.5 Å². The van der Waals surface area contributed by atoms with Gasteiger partial charge in [-0.25, -0.2) is 4.98 Å². The molecule has 0 bridgehead atoms. The summed E-state index contributed by atoms with van der Waals surface area (Å²) in [6.07, 6.45) is 4.84. The average molecular weight is 425 g/mol. The van der Waals surface area contributed by atoms with Crippen molar-refractivity contribution < 1.29 is 24.3 Å². The Kier molecular flexibility index (Phi) is 10.5. The molecular weight excluding hydrogens is 394 g/mol. The molecule has 0 fully saturated rings. The second-order valence-corrected chi connectivity index (χ2v) is 7.03. The van der Waals surface area contributed by atoms with Gasteiger partial charge < -0.3 is 37.5 Å². The lowest BCUT2D eigenvalue weighted by molar-refractivity contribution is -0.141. The summed E-state index contributed by atoms with van der Waals surface area (Å²) in [5, 5.41) is 16.3. The van der Waals surface area contributed by atoms with Crippen molar-refractivity contribution in [2.75, 3.05) is 6.54 Å². The molecule has 30 heavy (non-hydrogen) atoms. The number of nitrogens with one attached hydrogen (secondary N) is 4. The van der Waals surface area contributed by atoms with Gasteiger partial charge in [0, 0.05) is 18.3 Å². The predicted molar refractivity (Wildman–Crippen MR) is 108 cm³/mol. The van der Waals surface area contributed by atoms with Gasteiger partial charge in [-0.2, -0.15) is 0 Å². The number of nitrogens with two attached hydrogens (primary N) is 2. The number of carboxylic acids is 1. The average Bonchev–Trinajstić information content (AvgIpc) is 3.20. The van der Waals surface area contributed by atoms with E-state index < -0.39 is 47.9 Å². The summed E-state index contributed by atoms with van der Waals surface area (Å²) in [4.78, 5) is 54.8. The van der Waals surface area contributed by atoms with E-state index in [2.05, 4.69) is 25.9 Å². The molecule has 12 nitrogen and oxygen atoms in total. The van der Waals surface area contributed by atoms with Gasteiger partial charge in [0.25, 0.3) is 0 Å². The van der Waals surface area contributed by atoms with Crippen molar-refractivity contribution in [3.05, 3.63) is 18.2 Å². The first kappa shape index (κ1) is 25.0. The Morgan fingerprint density at radius 2 is 1.73 bits per heavy atom. The van der Waals surface area contributed by atoms with Crippen LogP contribution in [0.4, 0.5) is 0 Å². The van der Waals surface area contributed by atoms with E-state index in [-0.39, 0.29) is 6.42 Å². The zero-order valence-corrected chi connectivity index (χ0v) is 17.2. The summed E-state index contributed by atoms with van der Waals surface area (Å²) in [6.45, 7) is 3.28. The number of unbranched alkanes of at least 4 members (excludes halogenated alkanes) is 1. The third kappa shape index (κ3) is 8.57. The van der Waals surface area contributed by atoms with Gasteiger partial charge in [0.15, 0.2) is 0 Å². The summed E-state index contributed by atoms with van der Waals surface area (Å²) in [5.74, 6) is -2.98. The number of carbonyl (C=O) groups is 4. The van der Waals surface area contributed by atoms with Gasteiger partial charge in [-0.05, 0) is 33.2 Å². The standard InChI is InChI=1S/C18H31N7O5/c1-10(23-16(27)13(20)5-3-4-6-19)15(26)25-14(7-12-8-21-9-22-12)17(28)24-11(2)18(29)30/h8-11,13-14H,3-7,19-20H2,1-2H3,(H,21,22)(H,23,27)(H,24,28)(H,25,26)(H,29,30). The van der Waals surface area contributed by atoms with Crippen molar-refractivity contribution in [1.82, 2.24) is 25.9 Å². The van der Waals surface area contributed by atoms with E-state index in [0.717, 1.165) is 6.42 Å². The first-order valence-electron chi connectivity index (χ1n) is 9.72. The van der Waals surface area contributed by atoms with E-state index in [9.17, 15) is 19.2 Å². The van der Waals surface area contributed by atoms with Crippen molar-refractivity contribution in [3.8, 4) is 0 Å². The van der Waals surface area contributed by atoms with Crippen LogP contribution in [0.25, 0.3) is 0 Å². The van der Waals surface area contributed by atoms with E-state index in [4.69, 9.17) is 16.6 Å². The number of nitrogens with zero attached hydrogens (tertiary/aromatic N) is 1. The molecule has 0 aliphatic rings. The molecule has 0 spiro atoms. The van der Waals surface area contributed by atoms with Gasteiger partial charge in [0.2, 0.25) is 17.7 Å². The molecule has 1 aromatic rings. The molecule has 1 rings (SSSR count). The van der Waals surface area contributed by atoms with Crippen molar-refractivity contribution >= 4 is 23.7 Å². The quantitative estimate of drug-likeness (QED) is 0.175. The molecule has 0 aliphatic carbocycles. The van der Waals surface area contributed by atoms with Gasteiger partial charge in [0.1, 0.15) is 18.1 Å². The minimum atomic E-state index is -1.21. The van der Waals surface area contributed by atoms with Crippen molar-refractivity contribution in [2.45, 2.75) is 63.7 Å². The molecular formula is C18H31N7O5. The normalized spacial score (nSPS) is 14.8. The van der Waals surface area contributed by atoms with E-state index in [1.165, 1.54) is 26.4 Å². The monoisotopic (exact) mass is 425 g/mol. The Bertz CT molecular complexity index is 710. The zero-order valence-electron chi connectivity index (χ0n) is 17.2. The van der Waals surface area contributed by atoms with Crippen molar-refractivity contribution in [3.63, 3.8) is 0 Å². The number of rotatable bonds is 13. The highest BCUT2D eigenvalue weighted by Gasteiger charge is 2.27. The molecule has 12 heteroatoms. The lowest BCUT2D eigenvalue weighted by Gasteiger charge is -2.22. The van der Waals surface area contributed by atoms with Crippen LogP contribution >= 0.6 is 0 Å². The molecule has 9 N–H and O–H groups in total. The number of aromatic nitrogens is 2. The largest absolute Gasteiger partial charge is 0.480 e. The Hall–Kier alpha value is -2.99. The molecule has 0 aliphatic heterocycles. The molecule has 0 aromatic carbocycles. The van der Waals surface area contributed by atoms with Crippen LogP contribution in [-0.2, 0) is 25.6 Å². The number of carboxylic acid groups (broad SMARTS) is 1. The molecule has 4 atom stereocenters. The first-order valence-corrected chi connectivity index (χ1v) is 9.72. The fourth-order valence-electron chi connectivity index (χ4n) is 2.52. The number of hydrogen-bond acceptors (Lipinski definition) is 7. The summed E-state index contributed by atoms with van der Waals surface area (Å²) < 4.78 is 0. The second kappa shape index (κ2) is 12.5. The van der Waals surface area contributed by atoms with Crippen LogP contribution < -0.4 is 27.4 Å². The highest BCUT2D eigenvalue weighted by Crippen LogP contribution is 2.02. The van der Waals surface area contributed by atoms with Gasteiger partial charge >= 0.3 is 5.97 Å². The Morgan fingerprint density at radius 1 is 1.07 bits per heavy atom. The fourth-order valence-corrected chi connectivity index (χ4v) is 2.52. The molecule has 3 amide bonds. The highest BCUT2D eigenvalue weighted by molar-refractivity contribution is 5.93. The number of imidazole rings is 1. The van der Waals surface area contributed by atoms with E-state index in [1.54, 1.807) is 0 Å². The zero-order chi connectivity index (χ0) is 22.7. The first-order chi connectivity index (χ1) is 14.1. The smallest absolute Gasteiger partial charge is 0.325 e. The molecule has 1 aromatic heterocycles. The Balaban J connectivity index is 2.71. The van der Waals surface area contributed by atoms with Gasteiger partial charge in [0.05, 0.1) is 12.4 Å². The minimum absolute atomic E-state index is 0.0587. The summed E-state index contributed by atoms with van der Waals surface area (Å²) in [7, 11) is 0. The van der Waals surface area contributed by atoms with Gasteiger partial charge in [-0.1, -0.05) is 6.42 Å². The number of carbonyl (C=O) groups excluding carboxylic acids is 3. The molecule has 4 unspecified atom stereocenters. The van der Waals surface area contributed by atoms with Crippen molar-refractivity contribution in [1.29, 1.82) is 0 Å². The minimum Gasteiger partial charge on any atom is -0.480 e. The number of H-pyrrole nitrogens is 1. The maximum absolute atomic E-state index is 12.5. The van der Waals surface area contributed by atoms with Crippen LogP contribution in [0.15, 0.2) is 12.5 Å². The predicted octanol–water partition coefficient (Wildman–Crippen LogP) is -2.01. The van der Waals surface area contributed by atoms with Crippen LogP contribution in [0.3, 0.4) is 0 Å². The second-order valence-electron chi connectivity index (χ2n) is 7.03. The number of aromatic amines is 1. The number of hydrogen-bond donors (Lipinski definition) is 7. The highest BCUT2D eigenvalue weighted by atomic mass is 16.4. The maximum Gasteiger partial charge on any atom is 0.325 e. The van der Waals surface area contributed by atoms with Gasteiger partial charge in [-0.15, -0.1) is 0 Å². The van der Waals surface area contributed by atoms with E-state index in [1.807, 2.05) is 0 Å². The summed E-state index contributed by atoms with van der Waals surface area (Å²) in [6, 6.07) is -3.93. The lowest BCUT2D eigenvalue weighted by atomic mass is 10.1. The maximum atomic E-state index is 12.5. The molecule has 0 saturated heterocycles. The third-order valence-electron chi connectivity index (χ3n) is 4.40. The van der Waals surface area contributed by atoms with E-state index >= 15 is 0 Å². The van der Waals surface area contributed by atoms with E-state index in [0.29, 0.717) is 25.1 Å². The number of aliphatic carboxylic acids is 1. The van der Waals surface area contributed by atoms with Crippen LogP contribution in [0.1, 0.15) is 38.8 Å². The fraction of sp³-hybridized carbons (Fsp3) is 0.611. The molecule has 0 saturated carbocycles. The van der Waals surface area contributed by atoms with Crippen LogP contribution in [0.2, 0.25) is 0 Å². The SMILES string of the molecule is CC(NC(=O)C(Cc1cnc[nH]1)NC(=O)C(C)NC(=O)C(N)CCCCN)C(=O)O. The summed E-state index contributed by atoms with van der Waals surface area (Å²) in [5.41, 5.74) is 11.8. The molecule has 168 valence electrons. The molecule has 1 heterocycles. The number of amides is 3. The Labute approximate surface area is 174 Å².